The van der Waals surface area contributed by atoms with Gasteiger partial charge in [0.2, 0.25) is 0 Å². The fourth-order valence-electron chi connectivity index (χ4n) is 2.04. The monoisotopic (exact) mass is 281 g/mol. The summed E-state index contributed by atoms with van der Waals surface area (Å²) in [5, 5.41) is 1.26. The summed E-state index contributed by atoms with van der Waals surface area (Å²) in [4.78, 5) is 0. The maximum atomic E-state index is 5.25. The zero-order valence-electron chi connectivity index (χ0n) is 9.83. The van der Waals surface area contributed by atoms with Crippen molar-refractivity contribution in [3.63, 3.8) is 0 Å². The molecule has 0 radical (unpaired) electrons. The quantitative estimate of drug-likeness (QED) is 0.825. The number of rotatable bonds is 3. The molecule has 0 bridgehead atoms. The molecule has 0 aliphatic carbocycles. The summed E-state index contributed by atoms with van der Waals surface area (Å²) in [5.74, 6) is 0. The van der Waals surface area contributed by atoms with Crippen molar-refractivity contribution < 1.29 is 4.74 Å². The van der Waals surface area contributed by atoms with Gasteiger partial charge in [0.1, 0.15) is 0 Å². The SMILES string of the molecule is COCc1cn(C(C)C)c2cccc(Br)c12. The normalized spacial score (nSPS) is 11.6. The Morgan fingerprint density at radius 1 is 1.38 bits per heavy atom. The van der Waals surface area contributed by atoms with E-state index in [1.807, 2.05) is 0 Å². The van der Waals surface area contributed by atoms with Gasteiger partial charge in [-0.3, -0.25) is 0 Å². The Kier molecular flexibility index (Phi) is 3.36. The van der Waals surface area contributed by atoms with E-state index >= 15 is 0 Å². The van der Waals surface area contributed by atoms with Crippen LogP contribution < -0.4 is 0 Å². The van der Waals surface area contributed by atoms with Gasteiger partial charge in [-0.15, -0.1) is 0 Å². The minimum atomic E-state index is 0.461. The number of fused-ring (bicyclic) bond motifs is 1. The molecule has 0 spiro atoms. The van der Waals surface area contributed by atoms with Crippen LogP contribution in [0.15, 0.2) is 28.9 Å². The molecule has 1 aromatic heterocycles. The first kappa shape index (κ1) is 11.7. The molecule has 86 valence electrons. The Bertz CT molecular complexity index is 502. The van der Waals surface area contributed by atoms with Gasteiger partial charge in [-0.1, -0.05) is 22.0 Å². The van der Waals surface area contributed by atoms with Crippen LogP contribution in [0.3, 0.4) is 0 Å². The predicted molar refractivity (Wildman–Crippen MR) is 70.7 cm³/mol. The molecule has 0 N–H and O–H groups in total. The van der Waals surface area contributed by atoms with E-state index in [1.54, 1.807) is 7.11 Å². The fraction of sp³-hybridized carbons (Fsp3) is 0.385. The molecular formula is C13H16BrNO. The van der Waals surface area contributed by atoms with Crippen molar-refractivity contribution in [3.8, 4) is 0 Å². The lowest BCUT2D eigenvalue weighted by molar-refractivity contribution is 0.185. The van der Waals surface area contributed by atoms with E-state index in [0.29, 0.717) is 12.6 Å². The minimum Gasteiger partial charge on any atom is -0.380 e. The molecule has 3 heteroatoms. The van der Waals surface area contributed by atoms with Crippen LogP contribution in [-0.4, -0.2) is 11.7 Å². The molecule has 1 heterocycles. The minimum absolute atomic E-state index is 0.461. The van der Waals surface area contributed by atoms with Gasteiger partial charge in [0, 0.05) is 40.3 Å². The molecule has 0 unspecified atom stereocenters. The molecular weight excluding hydrogens is 266 g/mol. The third kappa shape index (κ3) is 1.89. The van der Waals surface area contributed by atoms with E-state index in [-0.39, 0.29) is 0 Å². The van der Waals surface area contributed by atoms with Gasteiger partial charge in [-0.05, 0) is 26.0 Å². The van der Waals surface area contributed by atoms with Crippen LogP contribution in [0.4, 0.5) is 0 Å². The third-order valence-electron chi connectivity index (χ3n) is 2.74. The van der Waals surface area contributed by atoms with E-state index in [2.05, 4.69) is 58.7 Å². The summed E-state index contributed by atoms with van der Waals surface area (Å²) < 4.78 is 8.67. The summed E-state index contributed by atoms with van der Waals surface area (Å²) in [5.41, 5.74) is 2.50. The zero-order chi connectivity index (χ0) is 11.7. The van der Waals surface area contributed by atoms with Gasteiger partial charge < -0.3 is 9.30 Å². The Morgan fingerprint density at radius 2 is 2.12 bits per heavy atom. The molecule has 0 amide bonds. The molecule has 0 aliphatic heterocycles. The van der Waals surface area contributed by atoms with Crippen molar-refractivity contribution >= 4 is 26.8 Å². The second-order valence-electron chi connectivity index (χ2n) is 4.22. The summed E-state index contributed by atoms with van der Waals surface area (Å²) in [7, 11) is 1.73. The Labute approximate surface area is 104 Å². The number of halogens is 1. The van der Waals surface area contributed by atoms with Crippen molar-refractivity contribution in [2.75, 3.05) is 7.11 Å². The topological polar surface area (TPSA) is 14.2 Å². The standard InChI is InChI=1S/C13H16BrNO/c1-9(2)15-7-10(8-16-3)13-11(14)5-4-6-12(13)15/h4-7,9H,8H2,1-3H3. The average Bonchev–Trinajstić information content (AvgIpc) is 2.59. The lowest BCUT2D eigenvalue weighted by Gasteiger charge is -2.08. The molecule has 0 saturated carbocycles. The van der Waals surface area contributed by atoms with Crippen LogP contribution >= 0.6 is 15.9 Å². The molecule has 16 heavy (non-hydrogen) atoms. The molecule has 0 fully saturated rings. The summed E-state index contributed by atoms with van der Waals surface area (Å²) >= 11 is 3.61. The lowest BCUT2D eigenvalue weighted by atomic mass is 10.2. The maximum Gasteiger partial charge on any atom is 0.0734 e. The summed E-state index contributed by atoms with van der Waals surface area (Å²) in [6.07, 6.45) is 2.18. The fourth-order valence-corrected chi connectivity index (χ4v) is 2.65. The van der Waals surface area contributed by atoms with E-state index in [4.69, 9.17) is 4.74 Å². The number of aromatic nitrogens is 1. The Balaban J connectivity index is 2.71. The van der Waals surface area contributed by atoms with Gasteiger partial charge in [0.25, 0.3) is 0 Å². The van der Waals surface area contributed by atoms with Gasteiger partial charge in [0.15, 0.2) is 0 Å². The first-order valence-electron chi connectivity index (χ1n) is 5.42. The highest BCUT2D eigenvalue weighted by Gasteiger charge is 2.12. The highest BCUT2D eigenvalue weighted by Crippen LogP contribution is 2.31. The van der Waals surface area contributed by atoms with E-state index in [1.165, 1.54) is 16.5 Å². The molecule has 1 aromatic carbocycles. The van der Waals surface area contributed by atoms with Crippen molar-refractivity contribution in [2.24, 2.45) is 0 Å². The Hall–Kier alpha value is -0.800. The van der Waals surface area contributed by atoms with Crippen LogP contribution in [0.1, 0.15) is 25.5 Å². The summed E-state index contributed by atoms with van der Waals surface area (Å²) in [6.45, 7) is 5.03. The molecule has 0 aliphatic rings. The number of methoxy groups -OCH3 is 1. The average molecular weight is 282 g/mol. The lowest BCUT2D eigenvalue weighted by Crippen LogP contribution is -1.97. The summed E-state index contributed by atoms with van der Waals surface area (Å²) in [6, 6.07) is 6.76. The second-order valence-corrected chi connectivity index (χ2v) is 5.08. The number of benzene rings is 1. The molecule has 0 saturated heterocycles. The molecule has 0 atom stereocenters. The first-order valence-corrected chi connectivity index (χ1v) is 6.21. The smallest absolute Gasteiger partial charge is 0.0734 e. The van der Waals surface area contributed by atoms with Gasteiger partial charge in [0.05, 0.1) is 6.61 Å². The van der Waals surface area contributed by atoms with Gasteiger partial charge >= 0.3 is 0 Å². The van der Waals surface area contributed by atoms with Crippen LogP contribution in [0.25, 0.3) is 10.9 Å². The maximum absolute atomic E-state index is 5.25. The van der Waals surface area contributed by atoms with Crippen LogP contribution in [0.2, 0.25) is 0 Å². The zero-order valence-corrected chi connectivity index (χ0v) is 11.4. The number of nitrogens with zero attached hydrogens (tertiary/aromatic N) is 1. The largest absolute Gasteiger partial charge is 0.380 e. The molecule has 2 rings (SSSR count). The second kappa shape index (κ2) is 4.60. The van der Waals surface area contributed by atoms with Crippen LogP contribution in [-0.2, 0) is 11.3 Å². The number of hydrogen-bond donors (Lipinski definition) is 0. The van der Waals surface area contributed by atoms with Crippen molar-refractivity contribution in [1.29, 1.82) is 0 Å². The van der Waals surface area contributed by atoms with E-state index < -0.39 is 0 Å². The van der Waals surface area contributed by atoms with Gasteiger partial charge in [-0.25, -0.2) is 0 Å². The highest BCUT2D eigenvalue weighted by molar-refractivity contribution is 9.10. The van der Waals surface area contributed by atoms with Gasteiger partial charge in [-0.2, -0.15) is 0 Å². The molecule has 2 aromatic rings. The molecule has 2 nitrogen and oxygen atoms in total. The van der Waals surface area contributed by atoms with Crippen LogP contribution in [0, 0.1) is 0 Å². The number of hydrogen-bond acceptors (Lipinski definition) is 1. The highest BCUT2D eigenvalue weighted by atomic mass is 79.9. The van der Waals surface area contributed by atoms with Crippen LogP contribution in [0.5, 0.6) is 0 Å². The number of ether oxygens (including phenoxy) is 1. The predicted octanol–water partition coefficient (Wildman–Crippen LogP) is 4.13. The van der Waals surface area contributed by atoms with Crippen molar-refractivity contribution in [1.82, 2.24) is 4.57 Å². The first-order chi connectivity index (χ1) is 7.65. The van der Waals surface area contributed by atoms with E-state index in [9.17, 15) is 0 Å². The Morgan fingerprint density at radius 3 is 2.75 bits per heavy atom. The van der Waals surface area contributed by atoms with Crippen molar-refractivity contribution in [2.45, 2.75) is 26.5 Å². The van der Waals surface area contributed by atoms with Crippen molar-refractivity contribution in [3.05, 3.63) is 34.4 Å². The third-order valence-corrected chi connectivity index (χ3v) is 3.40. The van der Waals surface area contributed by atoms with E-state index in [0.717, 1.165) is 4.47 Å².